The highest BCUT2D eigenvalue weighted by atomic mass is 35.5. The summed E-state index contributed by atoms with van der Waals surface area (Å²) in [7, 11) is 0. The number of hydrogen-bond acceptors (Lipinski definition) is 2. The van der Waals surface area contributed by atoms with E-state index in [0.717, 1.165) is 21.9 Å². The SMILES string of the molecule is Clc1cc2cc(-c3cccnc3)ccc2cn1. The molecule has 0 spiro atoms. The Morgan fingerprint density at radius 1 is 0.882 bits per heavy atom. The van der Waals surface area contributed by atoms with Crippen LogP contribution in [0, 0.1) is 0 Å². The number of pyridine rings is 2. The third-order valence-corrected chi connectivity index (χ3v) is 2.89. The lowest BCUT2D eigenvalue weighted by Gasteiger charge is -2.03. The topological polar surface area (TPSA) is 25.8 Å². The predicted molar refractivity (Wildman–Crippen MR) is 70.0 cm³/mol. The summed E-state index contributed by atoms with van der Waals surface area (Å²) in [6.07, 6.45) is 5.40. The van der Waals surface area contributed by atoms with Gasteiger partial charge in [0.2, 0.25) is 0 Å². The molecule has 82 valence electrons. The Bertz CT molecular complexity index is 665. The van der Waals surface area contributed by atoms with Crippen molar-refractivity contribution in [1.82, 2.24) is 9.97 Å². The molecule has 0 saturated heterocycles. The van der Waals surface area contributed by atoms with E-state index in [0.29, 0.717) is 5.15 Å². The molecule has 2 nitrogen and oxygen atoms in total. The Labute approximate surface area is 104 Å². The van der Waals surface area contributed by atoms with Gasteiger partial charge in [0.05, 0.1) is 0 Å². The van der Waals surface area contributed by atoms with Crippen LogP contribution in [0.3, 0.4) is 0 Å². The Morgan fingerprint density at radius 2 is 1.82 bits per heavy atom. The first-order chi connectivity index (χ1) is 8.33. The maximum atomic E-state index is 5.89. The molecule has 0 amide bonds. The average molecular weight is 241 g/mol. The molecule has 0 bridgehead atoms. The Balaban J connectivity index is 2.19. The van der Waals surface area contributed by atoms with E-state index in [-0.39, 0.29) is 0 Å². The number of aromatic nitrogens is 2. The first kappa shape index (κ1) is 10.2. The lowest BCUT2D eigenvalue weighted by Crippen LogP contribution is -1.81. The summed E-state index contributed by atoms with van der Waals surface area (Å²) in [5, 5.41) is 2.69. The van der Waals surface area contributed by atoms with Crippen LogP contribution in [0.1, 0.15) is 0 Å². The van der Waals surface area contributed by atoms with Crippen molar-refractivity contribution in [2.45, 2.75) is 0 Å². The summed E-state index contributed by atoms with van der Waals surface area (Å²) in [4.78, 5) is 8.18. The quantitative estimate of drug-likeness (QED) is 0.602. The number of nitrogens with zero attached hydrogens (tertiary/aromatic N) is 2. The van der Waals surface area contributed by atoms with Gasteiger partial charge in [0.25, 0.3) is 0 Å². The summed E-state index contributed by atoms with van der Waals surface area (Å²) in [5.74, 6) is 0. The highest BCUT2D eigenvalue weighted by Crippen LogP contribution is 2.24. The third kappa shape index (κ3) is 1.99. The smallest absolute Gasteiger partial charge is 0.129 e. The van der Waals surface area contributed by atoms with Crippen LogP contribution < -0.4 is 0 Å². The molecular weight excluding hydrogens is 232 g/mol. The van der Waals surface area contributed by atoms with Gasteiger partial charge in [-0.25, -0.2) is 4.98 Å². The van der Waals surface area contributed by atoms with Crippen LogP contribution in [0.15, 0.2) is 55.0 Å². The molecule has 0 atom stereocenters. The standard InChI is InChI=1S/C14H9ClN2/c15-14-7-13-6-10(3-4-12(13)9-17-14)11-2-1-5-16-8-11/h1-9H. The van der Waals surface area contributed by atoms with E-state index in [1.54, 1.807) is 12.4 Å². The predicted octanol–water partition coefficient (Wildman–Crippen LogP) is 3.95. The molecule has 0 N–H and O–H groups in total. The number of hydrogen-bond donors (Lipinski definition) is 0. The molecule has 0 aliphatic carbocycles. The molecule has 0 saturated carbocycles. The molecule has 3 rings (SSSR count). The maximum absolute atomic E-state index is 5.89. The molecule has 2 heterocycles. The second-order valence-electron chi connectivity index (χ2n) is 3.81. The molecule has 1 aromatic carbocycles. The van der Waals surface area contributed by atoms with Gasteiger partial charge in [-0.1, -0.05) is 29.8 Å². The van der Waals surface area contributed by atoms with Crippen molar-refractivity contribution in [3.05, 3.63) is 60.1 Å². The van der Waals surface area contributed by atoms with E-state index in [9.17, 15) is 0 Å². The fraction of sp³-hybridized carbons (Fsp3) is 0. The monoisotopic (exact) mass is 240 g/mol. The van der Waals surface area contributed by atoms with Gasteiger partial charge in [-0.15, -0.1) is 0 Å². The minimum absolute atomic E-state index is 0.515. The fourth-order valence-corrected chi connectivity index (χ4v) is 1.99. The Kier molecular flexibility index (Phi) is 2.50. The molecule has 3 heteroatoms. The third-order valence-electron chi connectivity index (χ3n) is 2.68. The van der Waals surface area contributed by atoms with Crippen LogP contribution in [-0.4, -0.2) is 9.97 Å². The molecule has 0 radical (unpaired) electrons. The molecule has 0 aliphatic heterocycles. The highest BCUT2D eigenvalue weighted by Gasteiger charge is 2.00. The zero-order valence-corrected chi connectivity index (χ0v) is 9.72. The van der Waals surface area contributed by atoms with Gasteiger partial charge >= 0.3 is 0 Å². The van der Waals surface area contributed by atoms with Gasteiger partial charge in [-0.3, -0.25) is 4.98 Å². The second-order valence-corrected chi connectivity index (χ2v) is 4.20. The normalized spacial score (nSPS) is 10.6. The summed E-state index contributed by atoms with van der Waals surface area (Å²) >= 11 is 5.89. The van der Waals surface area contributed by atoms with Crippen molar-refractivity contribution in [3.8, 4) is 11.1 Å². The van der Waals surface area contributed by atoms with Crippen molar-refractivity contribution in [1.29, 1.82) is 0 Å². The van der Waals surface area contributed by atoms with Crippen LogP contribution in [-0.2, 0) is 0 Å². The van der Waals surface area contributed by atoms with Gasteiger partial charge in [0.15, 0.2) is 0 Å². The summed E-state index contributed by atoms with van der Waals surface area (Å²) in [6.45, 7) is 0. The molecule has 2 aromatic heterocycles. The van der Waals surface area contributed by atoms with Gasteiger partial charge in [-0.2, -0.15) is 0 Å². The number of rotatable bonds is 1. The largest absolute Gasteiger partial charge is 0.264 e. The van der Waals surface area contributed by atoms with Gasteiger partial charge in [-0.05, 0) is 29.1 Å². The zero-order valence-electron chi connectivity index (χ0n) is 8.97. The van der Waals surface area contributed by atoms with E-state index in [2.05, 4.69) is 22.1 Å². The molecule has 3 aromatic rings. The second kappa shape index (κ2) is 4.15. The maximum Gasteiger partial charge on any atom is 0.129 e. The fourth-order valence-electron chi connectivity index (χ4n) is 1.83. The van der Waals surface area contributed by atoms with Crippen LogP contribution in [0.4, 0.5) is 0 Å². The molecule has 0 fully saturated rings. The first-order valence-electron chi connectivity index (χ1n) is 5.29. The van der Waals surface area contributed by atoms with Crippen LogP contribution in [0.2, 0.25) is 5.15 Å². The van der Waals surface area contributed by atoms with Crippen molar-refractivity contribution in [2.75, 3.05) is 0 Å². The van der Waals surface area contributed by atoms with Crippen molar-refractivity contribution in [3.63, 3.8) is 0 Å². The van der Waals surface area contributed by atoms with Crippen molar-refractivity contribution in [2.24, 2.45) is 0 Å². The van der Waals surface area contributed by atoms with E-state index < -0.39 is 0 Å². The van der Waals surface area contributed by atoms with Crippen LogP contribution in [0.25, 0.3) is 21.9 Å². The van der Waals surface area contributed by atoms with Crippen LogP contribution in [0.5, 0.6) is 0 Å². The zero-order chi connectivity index (χ0) is 11.7. The molecular formula is C14H9ClN2. The van der Waals surface area contributed by atoms with Gasteiger partial charge in [0, 0.05) is 29.5 Å². The number of halogens is 1. The van der Waals surface area contributed by atoms with E-state index in [4.69, 9.17) is 11.6 Å². The number of benzene rings is 1. The summed E-state index contributed by atoms with van der Waals surface area (Å²) in [5.41, 5.74) is 2.23. The molecule has 0 aliphatic rings. The number of fused-ring (bicyclic) bond motifs is 1. The summed E-state index contributed by atoms with van der Waals surface area (Å²) < 4.78 is 0. The van der Waals surface area contributed by atoms with Gasteiger partial charge in [0.1, 0.15) is 5.15 Å². The van der Waals surface area contributed by atoms with E-state index >= 15 is 0 Å². The molecule has 0 unspecified atom stereocenters. The van der Waals surface area contributed by atoms with Gasteiger partial charge < -0.3 is 0 Å². The minimum Gasteiger partial charge on any atom is -0.264 e. The highest BCUT2D eigenvalue weighted by molar-refractivity contribution is 6.30. The Hall–Kier alpha value is -1.93. The Morgan fingerprint density at radius 3 is 2.65 bits per heavy atom. The van der Waals surface area contributed by atoms with E-state index in [1.165, 1.54) is 0 Å². The minimum atomic E-state index is 0.515. The first-order valence-corrected chi connectivity index (χ1v) is 5.66. The lowest BCUT2D eigenvalue weighted by molar-refractivity contribution is 1.33. The van der Waals surface area contributed by atoms with Crippen LogP contribution >= 0.6 is 11.6 Å². The van der Waals surface area contributed by atoms with E-state index in [1.807, 2.05) is 30.5 Å². The van der Waals surface area contributed by atoms with Crippen molar-refractivity contribution < 1.29 is 0 Å². The lowest BCUT2D eigenvalue weighted by atomic mass is 10.0. The van der Waals surface area contributed by atoms with Crippen molar-refractivity contribution >= 4 is 22.4 Å². The average Bonchev–Trinajstić information content (AvgIpc) is 2.39. The summed E-state index contributed by atoms with van der Waals surface area (Å²) in [6, 6.07) is 12.0. The molecule has 17 heavy (non-hydrogen) atoms.